The van der Waals surface area contributed by atoms with Crippen LogP contribution < -0.4 is 5.32 Å². The van der Waals surface area contributed by atoms with Gasteiger partial charge in [-0.2, -0.15) is 0 Å². The van der Waals surface area contributed by atoms with Crippen LogP contribution in [0.3, 0.4) is 0 Å². The first-order chi connectivity index (χ1) is 9.25. The van der Waals surface area contributed by atoms with E-state index in [2.05, 4.69) is 73.4 Å². The molecule has 0 saturated heterocycles. The lowest BCUT2D eigenvalue weighted by molar-refractivity contribution is 0.505. The molecule has 0 bridgehead atoms. The summed E-state index contributed by atoms with van der Waals surface area (Å²) in [7, 11) is 0. The van der Waals surface area contributed by atoms with E-state index in [-0.39, 0.29) is 0 Å². The second-order valence-electron chi connectivity index (χ2n) is 5.35. The molecule has 2 aromatic carbocycles. The molecule has 0 amide bonds. The summed E-state index contributed by atoms with van der Waals surface area (Å²) in [5, 5.41) is 3.68. The van der Waals surface area contributed by atoms with Crippen molar-refractivity contribution in [3.63, 3.8) is 0 Å². The SMILES string of the molecule is C=C(C)[C@H]1Cc2ccccc2N[C@H]1c1ccccc1. The minimum absolute atomic E-state index is 0.327. The Morgan fingerprint density at radius 2 is 1.74 bits per heavy atom. The van der Waals surface area contributed by atoms with Gasteiger partial charge in [-0.05, 0) is 30.5 Å². The molecular formula is C18H19N. The first-order valence-electron chi connectivity index (χ1n) is 6.80. The highest BCUT2D eigenvalue weighted by Gasteiger charge is 2.29. The fourth-order valence-corrected chi connectivity index (χ4v) is 2.90. The summed E-state index contributed by atoms with van der Waals surface area (Å²) in [6.45, 7) is 6.32. The maximum Gasteiger partial charge on any atom is 0.0582 e. The van der Waals surface area contributed by atoms with Gasteiger partial charge >= 0.3 is 0 Å². The number of benzene rings is 2. The number of hydrogen-bond acceptors (Lipinski definition) is 1. The summed E-state index contributed by atoms with van der Waals surface area (Å²) in [4.78, 5) is 0. The van der Waals surface area contributed by atoms with Crippen molar-refractivity contribution in [1.82, 2.24) is 0 Å². The summed E-state index contributed by atoms with van der Waals surface area (Å²) in [5.41, 5.74) is 5.23. The zero-order valence-electron chi connectivity index (χ0n) is 11.3. The lowest BCUT2D eigenvalue weighted by atomic mass is 9.80. The predicted molar refractivity (Wildman–Crippen MR) is 81.3 cm³/mol. The monoisotopic (exact) mass is 249 g/mol. The van der Waals surface area contributed by atoms with Crippen LogP contribution in [0.4, 0.5) is 5.69 Å². The van der Waals surface area contributed by atoms with Crippen molar-refractivity contribution in [2.24, 2.45) is 5.92 Å². The van der Waals surface area contributed by atoms with Crippen LogP contribution in [0.1, 0.15) is 24.1 Å². The van der Waals surface area contributed by atoms with Crippen molar-refractivity contribution in [3.05, 3.63) is 77.9 Å². The van der Waals surface area contributed by atoms with Gasteiger partial charge in [0, 0.05) is 11.6 Å². The summed E-state index contributed by atoms with van der Waals surface area (Å²) < 4.78 is 0. The van der Waals surface area contributed by atoms with Crippen molar-refractivity contribution in [3.8, 4) is 0 Å². The van der Waals surface area contributed by atoms with Crippen LogP contribution in [0.5, 0.6) is 0 Å². The predicted octanol–water partition coefficient (Wildman–Crippen LogP) is 4.59. The first-order valence-corrected chi connectivity index (χ1v) is 6.80. The summed E-state index contributed by atoms with van der Waals surface area (Å²) >= 11 is 0. The van der Waals surface area contributed by atoms with Gasteiger partial charge in [-0.1, -0.05) is 60.7 Å². The number of para-hydroxylation sites is 1. The summed E-state index contributed by atoms with van der Waals surface area (Å²) in [5.74, 6) is 0.456. The van der Waals surface area contributed by atoms with Gasteiger partial charge in [-0.3, -0.25) is 0 Å². The standard InChI is InChI=1S/C18H19N/c1-13(2)16-12-15-10-6-7-11-17(15)19-18(16)14-8-4-3-5-9-14/h3-11,16,18-19H,1,12H2,2H3/t16-,18+/m1/s1. The second-order valence-corrected chi connectivity index (χ2v) is 5.35. The molecule has 0 spiro atoms. The largest absolute Gasteiger partial charge is 0.377 e. The molecule has 0 radical (unpaired) electrons. The van der Waals surface area contributed by atoms with Gasteiger partial charge in [0.2, 0.25) is 0 Å². The molecule has 3 rings (SSSR count). The van der Waals surface area contributed by atoms with Crippen molar-refractivity contribution in [2.75, 3.05) is 5.32 Å². The Hall–Kier alpha value is -2.02. The van der Waals surface area contributed by atoms with Crippen LogP contribution in [0.25, 0.3) is 0 Å². The molecule has 0 saturated carbocycles. The Kier molecular flexibility index (Phi) is 3.12. The molecule has 1 aliphatic heterocycles. The second kappa shape index (κ2) is 4.93. The zero-order valence-corrected chi connectivity index (χ0v) is 11.3. The zero-order chi connectivity index (χ0) is 13.2. The highest BCUT2D eigenvalue weighted by molar-refractivity contribution is 5.56. The van der Waals surface area contributed by atoms with Crippen molar-refractivity contribution >= 4 is 5.69 Å². The van der Waals surface area contributed by atoms with Crippen molar-refractivity contribution < 1.29 is 0 Å². The summed E-state index contributed by atoms with van der Waals surface area (Å²) in [6, 6.07) is 19.6. The smallest absolute Gasteiger partial charge is 0.0582 e. The van der Waals surface area contributed by atoms with Gasteiger partial charge in [-0.25, -0.2) is 0 Å². The van der Waals surface area contributed by atoms with Gasteiger partial charge in [0.1, 0.15) is 0 Å². The van der Waals surface area contributed by atoms with Crippen LogP contribution in [-0.2, 0) is 6.42 Å². The lowest BCUT2D eigenvalue weighted by Gasteiger charge is -2.35. The van der Waals surface area contributed by atoms with E-state index in [0.717, 1.165) is 6.42 Å². The highest BCUT2D eigenvalue weighted by atomic mass is 14.9. The lowest BCUT2D eigenvalue weighted by Crippen LogP contribution is -2.28. The maximum absolute atomic E-state index is 4.19. The van der Waals surface area contributed by atoms with Gasteiger partial charge in [0.15, 0.2) is 0 Å². The van der Waals surface area contributed by atoms with E-state index in [1.54, 1.807) is 0 Å². The van der Waals surface area contributed by atoms with Gasteiger partial charge < -0.3 is 5.32 Å². The highest BCUT2D eigenvalue weighted by Crippen LogP contribution is 2.39. The third kappa shape index (κ3) is 2.28. The third-order valence-corrected chi connectivity index (χ3v) is 3.96. The Labute approximate surface area is 115 Å². The molecule has 0 unspecified atom stereocenters. The number of nitrogens with one attached hydrogen (secondary N) is 1. The van der Waals surface area contributed by atoms with Gasteiger partial charge in [0.05, 0.1) is 6.04 Å². The molecule has 96 valence electrons. The van der Waals surface area contributed by atoms with E-state index < -0.39 is 0 Å². The Morgan fingerprint density at radius 3 is 2.47 bits per heavy atom. The molecule has 2 atom stereocenters. The molecule has 1 N–H and O–H groups in total. The molecule has 1 aliphatic rings. The van der Waals surface area contributed by atoms with Crippen molar-refractivity contribution in [2.45, 2.75) is 19.4 Å². The van der Waals surface area contributed by atoms with E-state index in [4.69, 9.17) is 0 Å². The minimum atomic E-state index is 0.327. The number of fused-ring (bicyclic) bond motifs is 1. The van der Waals surface area contributed by atoms with Crippen LogP contribution in [-0.4, -0.2) is 0 Å². The van der Waals surface area contributed by atoms with E-state index in [0.29, 0.717) is 12.0 Å². The van der Waals surface area contributed by atoms with Gasteiger partial charge in [-0.15, -0.1) is 0 Å². The third-order valence-electron chi connectivity index (χ3n) is 3.96. The van der Waals surface area contributed by atoms with E-state index in [1.165, 1.54) is 22.4 Å². The minimum Gasteiger partial charge on any atom is -0.377 e. The van der Waals surface area contributed by atoms with Crippen LogP contribution in [0.15, 0.2) is 66.7 Å². The van der Waals surface area contributed by atoms with Crippen LogP contribution in [0.2, 0.25) is 0 Å². The van der Waals surface area contributed by atoms with Crippen molar-refractivity contribution in [1.29, 1.82) is 0 Å². The normalized spacial score (nSPS) is 21.3. The van der Waals surface area contributed by atoms with Crippen LogP contribution in [0, 0.1) is 5.92 Å². The van der Waals surface area contributed by atoms with Gasteiger partial charge in [0.25, 0.3) is 0 Å². The molecule has 0 aliphatic carbocycles. The molecule has 0 fully saturated rings. The van der Waals surface area contributed by atoms with E-state index in [9.17, 15) is 0 Å². The molecular weight excluding hydrogens is 230 g/mol. The average molecular weight is 249 g/mol. The number of rotatable bonds is 2. The van der Waals surface area contributed by atoms with Crippen LogP contribution >= 0.6 is 0 Å². The Balaban J connectivity index is 2.01. The average Bonchev–Trinajstić information content (AvgIpc) is 2.46. The fraction of sp³-hybridized carbons (Fsp3) is 0.222. The molecule has 1 heterocycles. The number of hydrogen-bond donors (Lipinski definition) is 1. The Morgan fingerprint density at radius 1 is 1.05 bits per heavy atom. The quantitative estimate of drug-likeness (QED) is 0.768. The Bertz CT molecular complexity index is 586. The molecule has 1 heteroatoms. The van der Waals surface area contributed by atoms with E-state index >= 15 is 0 Å². The molecule has 1 nitrogen and oxygen atoms in total. The molecule has 19 heavy (non-hydrogen) atoms. The molecule has 0 aromatic heterocycles. The van der Waals surface area contributed by atoms with E-state index in [1.807, 2.05) is 0 Å². The summed E-state index contributed by atoms with van der Waals surface area (Å²) in [6.07, 6.45) is 1.07. The number of anilines is 1. The fourth-order valence-electron chi connectivity index (χ4n) is 2.90. The maximum atomic E-state index is 4.19. The first kappa shape index (κ1) is 12.0. The molecule has 2 aromatic rings. The topological polar surface area (TPSA) is 12.0 Å².